The van der Waals surface area contributed by atoms with Crippen LogP contribution in [0.1, 0.15) is 50.7 Å². The topological polar surface area (TPSA) is 69.7 Å². The standard InChI is InChI=1S/C24H32FN3O3S/c1-17(2)21-6-5-7-22(18(3)4)24(21)26-23(29)16-27-12-14-28(15-13-27)32(30,31)20-10-8-19(25)9-11-20/h5-11,17-18H,12-16H2,1-4H3,(H,26,29). The Morgan fingerprint density at radius 1 is 0.938 bits per heavy atom. The van der Waals surface area contributed by atoms with Crippen molar-refractivity contribution in [1.82, 2.24) is 9.21 Å². The van der Waals surface area contributed by atoms with E-state index in [0.29, 0.717) is 13.1 Å². The summed E-state index contributed by atoms with van der Waals surface area (Å²) in [6.07, 6.45) is 0. The first-order valence-electron chi connectivity index (χ1n) is 11.0. The molecule has 0 atom stereocenters. The molecule has 32 heavy (non-hydrogen) atoms. The molecule has 1 N–H and O–H groups in total. The van der Waals surface area contributed by atoms with Crippen LogP contribution in [0.15, 0.2) is 47.4 Å². The number of nitrogens with zero attached hydrogens (tertiary/aromatic N) is 2. The molecule has 2 aromatic rings. The molecule has 8 heteroatoms. The van der Waals surface area contributed by atoms with Crippen molar-refractivity contribution in [2.75, 3.05) is 38.0 Å². The molecule has 1 aliphatic rings. The second kappa shape index (κ2) is 10.1. The molecular formula is C24H32FN3O3S. The predicted molar refractivity (Wildman–Crippen MR) is 125 cm³/mol. The van der Waals surface area contributed by atoms with Crippen molar-refractivity contribution in [3.8, 4) is 0 Å². The Labute approximate surface area is 190 Å². The second-order valence-corrected chi connectivity index (χ2v) is 10.7. The van der Waals surface area contributed by atoms with Gasteiger partial charge in [0.25, 0.3) is 0 Å². The lowest BCUT2D eigenvalue weighted by atomic mass is 9.92. The van der Waals surface area contributed by atoms with Gasteiger partial charge in [0.2, 0.25) is 15.9 Å². The first kappa shape index (κ1) is 24.4. The maximum absolute atomic E-state index is 13.1. The number of anilines is 1. The molecule has 6 nitrogen and oxygen atoms in total. The minimum Gasteiger partial charge on any atom is -0.324 e. The van der Waals surface area contributed by atoms with E-state index in [9.17, 15) is 17.6 Å². The minimum atomic E-state index is -3.67. The van der Waals surface area contributed by atoms with Gasteiger partial charge in [-0.05, 0) is 47.2 Å². The van der Waals surface area contributed by atoms with Crippen molar-refractivity contribution in [3.63, 3.8) is 0 Å². The quantitative estimate of drug-likeness (QED) is 0.676. The molecule has 2 aromatic carbocycles. The first-order valence-corrected chi connectivity index (χ1v) is 12.4. The van der Waals surface area contributed by atoms with Gasteiger partial charge in [0.15, 0.2) is 0 Å². The molecule has 174 valence electrons. The molecule has 0 aromatic heterocycles. The summed E-state index contributed by atoms with van der Waals surface area (Å²) in [6, 6.07) is 11.0. The average molecular weight is 462 g/mol. The molecule has 0 aliphatic carbocycles. The van der Waals surface area contributed by atoms with Gasteiger partial charge in [0.05, 0.1) is 11.4 Å². The van der Waals surface area contributed by atoms with Crippen LogP contribution in [0, 0.1) is 5.82 Å². The van der Waals surface area contributed by atoms with E-state index in [4.69, 9.17) is 0 Å². The Morgan fingerprint density at radius 3 is 1.97 bits per heavy atom. The molecule has 0 saturated carbocycles. The van der Waals surface area contributed by atoms with Crippen LogP contribution >= 0.6 is 0 Å². The van der Waals surface area contributed by atoms with Crippen LogP contribution in [0.3, 0.4) is 0 Å². The molecule has 0 bridgehead atoms. The van der Waals surface area contributed by atoms with E-state index in [1.165, 1.54) is 16.4 Å². The van der Waals surface area contributed by atoms with Crippen molar-refractivity contribution < 1.29 is 17.6 Å². The zero-order valence-electron chi connectivity index (χ0n) is 19.1. The maximum atomic E-state index is 13.1. The van der Waals surface area contributed by atoms with E-state index >= 15 is 0 Å². The lowest BCUT2D eigenvalue weighted by molar-refractivity contribution is -0.117. The van der Waals surface area contributed by atoms with Gasteiger partial charge >= 0.3 is 0 Å². The van der Waals surface area contributed by atoms with Crippen LogP contribution in [0.2, 0.25) is 0 Å². The number of rotatable bonds is 7. The predicted octanol–water partition coefficient (Wildman–Crippen LogP) is 4.02. The SMILES string of the molecule is CC(C)c1cccc(C(C)C)c1NC(=O)CN1CCN(S(=O)(=O)c2ccc(F)cc2)CC1. The van der Waals surface area contributed by atoms with Crippen LogP contribution in [-0.4, -0.2) is 56.3 Å². The summed E-state index contributed by atoms with van der Waals surface area (Å²) in [5.41, 5.74) is 3.11. The highest BCUT2D eigenvalue weighted by Gasteiger charge is 2.29. The summed E-state index contributed by atoms with van der Waals surface area (Å²) < 4.78 is 40.1. The summed E-state index contributed by atoms with van der Waals surface area (Å²) in [4.78, 5) is 14.9. The maximum Gasteiger partial charge on any atom is 0.243 e. The fourth-order valence-electron chi connectivity index (χ4n) is 3.96. The number of halogens is 1. The van der Waals surface area contributed by atoms with E-state index < -0.39 is 15.8 Å². The number of carbonyl (C=O) groups is 1. The third-order valence-electron chi connectivity index (χ3n) is 5.79. The minimum absolute atomic E-state index is 0.0802. The highest BCUT2D eigenvalue weighted by Crippen LogP contribution is 2.32. The van der Waals surface area contributed by atoms with E-state index in [1.807, 2.05) is 23.1 Å². The summed E-state index contributed by atoms with van der Waals surface area (Å²) in [7, 11) is -3.67. The van der Waals surface area contributed by atoms with Gasteiger partial charge in [-0.15, -0.1) is 0 Å². The third-order valence-corrected chi connectivity index (χ3v) is 7.70. The number of nitrogens with one attached hydrogen (secondary N) is 1. The zero-order valence-corrected chi connectivity index (χ0v) is 20.0. The van der Waals surface area contributed by atoms with Crippen LogP contribution in [0.5, 0.6) is 0 Å². The van der Waals surface area contributed by atoms with Gasteiger partial charge in [-0.1, -0.05) is 45.9 Å². The van der Waals surface area contributed by atoms with E-state index in [2.05, 4.69) is 33.0 Å². The van der Waals surface area contributed by atoms with Gasteiger partial charge in [0, 0.05) is 31.9 Å². The molecule has 1 amide bonds. The fourth-order valence-corrected chi connectivity index (χ4v) is 5.38. The number of carbonyl (C=O) groups excluding carboxylic acids is 1. The molecule has 1 saturated heterocycles. The molecule has 0 radical (unpaired) electrons. The highest BCUT2D eigenvalue weighted by molar-refractivity contribution is 7.89. The lowest BCUT2D eigenvalue weighted by Crippen LogP contribution is -2.50. The number of benzene rings is 2. The molecule has 0 spiro atoms. The Balaban J connectivity index is 1.63. The van der Waals surface area contributed by atoms with Crippen LogP contribution in [-0.2, 0) is 14.8 Å². The molecule has 1 heterocycles. The Kier molecular flexibility index (Phi) is 7.69. The normalized spacial score (nSPS) is 16.0. The number of hydrogen-bond acceptors (Lipinski definition) is 4. The van der Waals surface area contributed by atoms with E-state index in [0.717, 1.165) is 28.9 Å². The van der Waals surface area contributed by atoms with Crippen molar-refractivity contribution >= 4 is 21.6 Å². The van der Waals surface area contributed by atoms with Crippen LogP contribution in [0.4, 0.5) is 10.1 Å². The summed E-state index contributed by atoms with van der Waals surface area (Å²) in [5.74, 6) is -0.0114. The number of hydrogen-bond donors (Lipinski definition) is 1. The van der Waals surface area contributed by atoms with Crippen LogP contribution in [0.25, 0.3) is 0 Å². The smallest absolute Gasteiger partial charge is 0.243 e. The summed E-state index contributed by atoms with van der Waals surface area (Å²) in [5, 5.41) is 3.11. The number of amides is 1. The van der Waals surface area contributed by atoms with Crippen LogP contribution < -0.4 is 5.32 Å². The van der Waals surface area contributed by atoms with Crippen molar-refractivity contribution in [3.05, 3.63) is 59.4 Å². The lowest BCUT2D eigenvalue weighted by Gasteiger charge is -2.33. The summed E-state index contributed by atoms with van der Waals surface area (Å²) in [6.45, 7) is 10.1. The fraction of sp³-hybridized carbons (Fsp3) is 0.458. The van der Waals surface area contributed by atoms with Gasteiger partial charge < -0.3 is 5.32 Å². The molecule has 3 rings (SSSR count). The molecule has 1 fully saturated rings. The second-order valence-electron chi connectivity index (χ2n) is 8.80. The van der Waals surface area contributed by atoms with Gasteiger partial charge in [-0.2, -0.15) is 4.31 Å². The third kappa shape index (κ3) is 5.54. The largest absolute Gasteiger partial charge is 0.324 e. The highest BCUT2D eigenvalue weighted by atomic mass is 32.2. The van der Waals surface area contributed by atoms with E-state index in [1.54, 1.807) is 0 Å². The van der Waals surface area contributed by atoms with Gasteiger partial charge in [0.1, 0.15) is 5.82 Å². The molecule has 1 aliphatic heterocycles. The average Bonchev–Trinajstić information content (AvgIpc) is 2.74. The number of para-hydroxylation sites is 1. The van der Waals surface area contributed by atoms with Crippen molar-refractivity contribution in [1.29, 1.82) is 0 Å². The first-order chi connectivity index (χ1) is 15.1. The Morgan fingerprint density at radius 2 is 1.47 bits per heavy atom. The van der Waals surface area contributed by atoms with Crippen molar-refractivity contribution in [2.24, 2.45) is 0 Å². The monoisotopic (exact) mass is 461 g/mol. The Bertz CT molecular complexity index is 1020. The Hall–Kier alpha value is -2.29. The van der Waals surface area contributed by atoms with Gasteiger partial charge in [-0.25, -0.2) is 12.8 Å². The molecular weight excluding hydrogens is 429 g/mol. The van der Waals surface area contributed by atoms with Gasteiger partial charge in [-0.3, -0.25) is 9.69 Å². The van der Waals surface area contributed by atoms with E-state index in [-0.39, 0.29) is 42.3 Å². The number of sulfonamides is 1. The molecule has 0 unspecified atom stereocenters. The number of piperazine rings is 1. The summed E-state index contributed by atoms with van der Waals surface area (Å²) >= 11 is 0. The van der Waals surface area contributed by atoms with Crippen molar-refractivity contribution in [2.45, 2.75) is 44.4 Å². The zero-order chi connectivity index (χ0) is 23.5.